The lowest BCUT2D eigenvalue weighted by molar-refractivity contribution is 0.664. The summed E-state index contributed by atoms with van der Waals surface area (Å²) in [5.74, 6) is 0. The molecule has 0 amide bonds. The van der Waals surface area contributed by atoms with Crippen LogP contribution in [0.4, 0.5) is 0 Å². The highest BCUT2D eigenvalue weighted by molar-refractivity contribution is 7.34. The first-order valence-corrected chi connectivity index (χ1v) is 16.4. The molecule has 0 nitrogen and oxygen atoms in total. The molecule has 0 aromatic carbocycles. The zero-order valence-corrected chi connectivity index (χ0v) is 18.1. The zero-order valence-electron chi connectivity index (χ0n) is 14.5. The number of thiophene rings is 2. The summed E-state index contributed by atoms with van der Waals surface area (Å²) in [7, 11) is -2.42. The van der Waals surface area contributed by atoms with Gasteiger partial charge in [-0.15, -0.1) is 22.7 Å². The average Bonchev–Trinajstić information content (AvgIpc) is 2.94. The molecule has 0 N–H and O–H groups in total. The topological polar surface area (TPSA) is 0 Å². The molecule has 0 aliphatic heterocycles. The summed E-state index contributed by atoms with van der Waals surface area (Å²) < 4.78 is 3.32. The standard InChI is InChI=1S/C17H26S2Si2/c1-17(2)11-9-13(20(3,4)5)18-15(11)16-12(17)10-14(19-16)21(6,7)8/h9-10H,1-8H3. The van der Waals surface area contributed by atoms with Gasteiger partial charge in [0.2, 0.25) is 0 Å². The van der Waals surface area contributed by atoms with Crippen LogP contribution in [0, 0.1) is 0 Å². The monoisotopic (exact) mass is 350 g/mol. The van der Waals surface area contributed by atoms with E-state index in [-0.39, 0.29) is 5.41 Å². The van der Waals surface area contributed by atoms with Gasteiger partial charge in [0.15, 0.2) is 0 Å². The van der Waals surface area contributed by atoms with Crippen molar-refractivity contribution in [1.29, 1.82) is 0 Å². The fourth-order valence-electron chi connectivity index (χ4n) is 2.93. The molecule has 1 aliphatic carbocycles. The van der Waals surface area contributed by atoms with Gasteiger partial charge in [-0.25, -0.2) is 0 Å². The smallest absolute Gasteiger partial charge is 0.0904 e. The van der Waals surface area contributed by atoms with Crippen molar-refractivity contribution >= 4 is 47.8 Å². The quantitative estimate of drug-likeness (QED) is 0.653. The van der Waals surface area contributed by atoms with Crippen LogP contribution in [-0.4, -0.2) is 16.1 Å². The van der Waals surface area contributed by atoms with Crippen molar-refractivity contribution in [3.63, 3.8) is 0 Å². The van der Waals surface area contributed by atoms with E-state index < -0.39 is 16.1 Å². The van der Waals surface area contributed by atoms with Gasteiger partial charge in [-0.05, 0) is 32.3 Å². The summed E-state index contributed by atoms with van der Waals surface area (Å²) in [6.45, 7) is 19.6. The summed E-state index contributed by atoms with van der Waals surface area (Å²) in [5.41, 5.74) is 3.38. The molecule has 0 saturated heterocycles. The van der Waals surface area contributed by atoms with E-state index >= 15 is 0 Å². The highest BCUT2D eigenvalue weighted by Crippen LogP contribution is 2.53. The molecule has 21 heavy (non-hydrogen) atoms. The second-order valence-electron chi connectivity index (χ2n) is 8.83. The Kier molecular flexibility index (Phi) is 3.32. The van der Waals surface area contributed by atoms with Gasteiger partial charge in [-0.3, -0.25) is 0 Å². The average molecular weight is 351 g/mol. The van der Waals surface area contributed by atoms with Crippen LogP contribution < -0.4 is 9.00 Å². The van der Waals surface area contributed by atoms with Crippen LogP contribution >= 0.6 is 22.7 Å². The third-order valence-corrected chi connectivity index (χ3v) is 14.1. The Balaban J connectivity index is 2.21. The van der Waals surface area contributed by atoms with Gasteiger partial charge in [-0.2, -0.15) is 0 Å². The number of fused-ring (bicyclic) bond motifs is 3. The molecule has 0 fully saturated rings. The fraction of sp³-hybridized carbons (Fsp3) is 0.529. The Morgan fingerprint density at radius 1 is 0.714 bits per heavy atom. The normalized spacial score (nSPS) is 17.0. The van der Waals surface area contributed by atoms with Gasteiger partial charge < -0.3 is 0 Å². The maximum atomic E-state index is 2.53. The van der Waals surface area contributed by atoms with Gasteiger partial charge in [0.25, 0.3) is 0 Å². The van der Waals surface area contributed by atoms with Crippen LogP contribution in [0.2, 0.25) is 39.3 Å². The van der Waals surface area contributed by atoms with Gasteiger partial charge in [0, 0.05) is 15.2 Å². The Morgan fingerprint density at radius 3 is 1.33 bits per heavy atom. The van der Waals surface area contributed by atoms with Crippen LogP contribution in [0.25, 0.3) is 9.75 Å². The predicted molar refractivity (Wildman–Crippen MR) is 106 cm³/mol. The molecule has 4 heteroatoms. The van der Waals surface area contributed by atoms with Crippen molar-refractivity contribution in [1.82, 2.24) is 0 Å². The minimum Gasteiger partial charge on any atom is -0.144 e. The molecule has 0 bridgehead atoms. The Hall–Kier alpha value is -0.166. The van der Waals surface area contributed by atoms with Crippen molar-refractivity contribution in [2.24, 2.45) is 0 Å². The second kappa shape index (κ2) is 4.43. The maximum Gasteiger partial charge on any atom is 0.0904 e. The van der Waals surface area contributed by atoms with Crippen LogP contribution in [0.3, 0.4) is 0 Å². The third kappa shape index (κ3) is 2.35. The van der Waals surface area contributed by atoms with Crippen molar-refractivity contribution < 1.29 is 0 Å². The van der Waals surface area contributed by atoms with Crippen LogP contribution in [-0.2, 0) is 5.41 Å². The van der Waals surface area contributed by atoms with E-state index in [0.29, 0.717) is 0 Å². The third-order valence-electron chi connectivity index (χ3n) is 4.50. The summed E-state index contributed by atoms with van der Waals surface area (Å²) >= 11 is 4.17. The lowest BCUT2D eigenvalue weighted by atomic mass is 9.84. The van der Waals surface area contributed by atoms with Crippen molar-refractivity contribution in [3.8, 4) is 9.75 Å². The van der Waals surface area contributed by atoms with Gasteiger partial charge in [-0.1, -0.05) is 53.1 Å². The molecule has 114 valence electrons. The number of rotatable bonds is 2. The largest absolute Gasteiger partial charge is 0.144 e. The Morgan fingerprint density at radius 2 is 1.05 bits per heavy atom. The van der Waals surface area contributed by atoms with Crippen molar-refractivity contribution in [2.45, 2.75) is 58.5 Å². The molecule has 0 saturated carbocycles. The predicted octanol–water partition coefficient (Wildman–Crippen LogP) is 5.21. The first kappa shape index (κ1) is 15.7. The van der Waals surface area contributed by atoms with Gasteiger partial charge >= 0.3 is 0 Å². The Bertz CT molecular complexity index is 646. The van der Waals surface area contributed by atoms with E-state index in [2.05, 4.69) is 87.9 Å². The minimum absolute atomic E-state index is 0.202. The second-order valence-corrected chi connectivity index (χ2v) is 21.7. The SMILES string of the molecule is CC1(C)c2cc([Si](C)(C)C)sc2-c2sc([Si](C)(C)C)cc21. The van der Waals surface area contributed by atoms with Crippen molar-refractivity contribution in [3.05, 3.63) is 23.3 Å². The molecule has 2 aromatic rings. The Labute approximate surface area is 139 Å². The highest BCUT2D eigenvalue weighted by Gasteiger charge is 2.41. The minimum atomic E-state index is -1.21. The van der Waals surface area contributed by atoms with Crippen molar-refractivity contribution in [2.75, 3.05) is 0 Å². The van der Waals surface area contributed by atoms with Crippen LogP contribution in [0.5, 0.6) is 0 Å². The number of hydrogen-bond donors (Lipinski definition) is 0. The molecule has 0 unspecified atom stereocenters. The molecule has 0 radical (unpaired) electrons. The summed E-state index contributed by atoms with van der Waals surface area (Å²) in [6.07, 6.45) is 0. The van der Waals surface area contributed by atoms with E-state index in [1.54, 1.807) is 29.9 Å². The zero-order chi connectivity index (χ0) is 15.8. The lowest BCUT2D eigenvalue weighted by Gasteiger charge is -2.21. The molecular weight excluding hydrogens is 324 g/mol. The molecule has 0 atom stereocenters. The van der Waals surface area contributed by atoms with E-state index in [1.165, 1.54) is 0 Å². The van der Waals surface area contributed by atoms with Gasteiger partial charge in [0.1, 0.15) is 0 Å². The fourth-order valence-corrected chi connectivity index (χ4v) is 9.45. The first-order valence-electron chi connectivity index (χ1n) is 7.72. The molecule has 2 aromatic heterocycles. The highest BCUT2D eigenvalue weighted by atomic mass is 32.1. The van der Waals surface area contributed by atoms with Crippen LogP contribution in [0.1, 0.15) is 25.0 Å². The lowest BCUT2D eigenvalue weighted by Crippen LogP contribution is -2.35. The first-order chi connectivity index (χ1) is 9.42. The van der Waals surface area contributed by atoms with E-state index in [4.69, 9.17) is 0 Å². The molecule has 1 aliphatic rings. The summed E-state index contributed by atoms with van der Waals surface area (Å²) in [4.78, 5) is 3.17. The van der Waals surface area contributed by atoms with E-state index in [1.807, 2.05) is 0 Å². The van der Waals surface area contributed by atoms with Gasteiger partial charge in [0.05, 0.1) is 16.1 Å². The molecule has 0 spiro atoms. The van der Waals surface area contributed by atoms with E-state index in [0.717, 1.165) is 0 Å². The van der Waals surface area contributed by atoms with E-state index in [9.17, 15) is 0 Å². The molecule has 2 heterocycles. The maximum absolute atomic E-state index is 2.53. The molecular formula is C17H26S2Si2. The number of hydrogen-bond acceptors (Lipinski definition) is 2. The van der Waals surface area contributed by atoms with Crippen LogP contribution in [0.15, 0.2) is 12.1 Å². The molecule has 3 rings (SSSR count). The summed E-state index contributed by atoms with van der Waals surface area (Å²) in [5, 5.41) is 0. The summed E-state index contributed by atoms with van der Waals surface area (Å²) in [6, 6.07) is 5.07.